The molecule has 0 bridgehead atoms. The third-order valence-corrected chi connectivity index (χ3v) is 5.54. The number of carboxylic acid groups (broad SMARTS) is 1. The zero-order valence-electron chi connectivity index (χ0n) is 14.1. The Bertz CT molecular complexity index is 444. The van der Waals surface area contributed by atoms with Gasteiger partial charge in [-0.3, -0.25) is 0 Å². The van der Waals surface area contributed by atoms with Crippen molar-refractivity contribution in [1.82, 2.24) is 5.32 Å². The molecule has 0 saturated heterocycles. The molecule has 0 aromatic heterocycles. The summed E-state index contributed by atoms with van der Waals surface area (Å²) >= 11 is 0. The van der Waals surface area contributed by atoms with Crippen molar-refractivity contribution in [2.45, 2.75) is 76.4 Å². The largest absolute Gasteiger partial charge is 0.480 e. The summed E-state index contributed by atoms with van der Waals surface area (Å²) in [5.74, 6) is -0.701. The molecule has 2 N–H and O–H groups in total. The highest BCUT2D eigenvalue weighted by molar-refractivity contribution is 5.84. The van der Waals surface area contributed by atoms with Gasteiger partial charge in [-0.15, -0.1) is 6.58 Å². The molecule has 3 atom stereocenters. The first-order valence-corrected chi connectivity index (χ1v) is 8.80. The number of carbonyl (C=O) groups is 2. The van der Waals surface area contributed by atoms with E-state index in [-0.39, 0.29) is 12.0 Å². The fraction of sp³-hybridized carbons (Fsp3) is 0.778. The maximum atomic E-state index is 12.3. The van der Waals surface area contributed by atoms with Gasteiger partial charge in [0.15, 0.2) is 0 Å². The van der Waals surface area contributed by atoms with Crippen LogP contribution in [0.4, 0.5) is 4.79 Å². The van der Waals surface area contributed by atoms with E-state index in [0.29, 0.717) is 5.92 Å². The Labute approximate surface area is 138 Å². The molecule has 5 nitrogen and oxygen atoms in total. The second-order valence-corrected chi connectivity index (χ2v) is 7.13. The molecule has 2 fully saturated rings. The molecule has 0 heterocycles. The van der Waals surface area contributed by atoms with E-state index >= 15 is 0 Å². The molecule has 0 aromatic carbocycles. The molecule has 0 unspecified atom stereocenters. The van der Waals surface area contributed by atoms with Gasteiger partial charge >= 0.3 is 12.1 Å². The van der Waals surface area contributed by atoms with Gasteiger partial charge in [0.1, 0.15) is 11.6 Å². The molecule has 23 heavy (non-hydrogen) atoms. The monoisotopic (exact) mass is 323 g/mol. The SMILES string of the molecule is C=CC[C@@H]1CCC[C@H]1OC(=O)N[C@](C)(C(=O)O)C1CCCCC1. The van der Waals surface area contributed by atoms with Crippen molar-refractivity contribution in [2.75, 3.05) is 0 Å². The summed E-state index contributed by atoms with van der Waals surface area (Å²) in [7, 11) is 0. The molecule has 2 aliphatic rings. The summed E-state index contributed by atoms with van der Waals surface area (Å²) < 4.78 is 5.55. The van der Waals surface area contributed by atoms with Gasteiger partial charge in [-0.05, 0) is 57.3 Å². The molecule has 0 aromatic rings. The maximum Gasteiger partial charge on any atom is 0.408 e. The van der Waals surface area contributed by atoms with Crippen molar-refractivity contribution in [3.05, 3.63) is 12.7 Å². The Hall–Kier alpha value is -1.52. The Morgan fingerprint density at radius 1 is 1.22 bits per heavy atom. The molecular formula is C18H29NO4. The Morgan fingerprint density at radius 2 is 1.91 bits per heavy atom. The Morgan fingerprint density at radius 3 is 2.52 bits per heavy atom. The predicted molar refractivity (Wildman–Crippen MR) is 88.2 cm³/mol. The number of hydrogen-bond acceptors (Lipinski definition) is 3. The van der Waals surface area contributed by atoms with Crippen molar-refractivity contribution in [1.29, 1.82) is 0 Å². The highest BCUT2D eigenvalue weighted by Gasteiger charge is 2.44. The van der Waals surface area contributed by atoms with Crippen LogP contribution in [0.2, 0.25) is 0 Å². The molecule has 2 rings (SSSR count). The number of amides is 1. The van der Waals surface area contributed by atoms with E-state index in [2.05, 4.69) is 11.9 Å². The summed E-state index contributed by atoms with van der Waals surface area (Å²) in [6.07, 6.45) is 9.74. The Balaban J connectivity index is 1.97. The van der Waals surface area contributed by atoms with Crippen molar-refractivity contribution >= 4 is 12.1 Å². The molecule has 1 amide bonds. The third-order valence-electron chi connectivity index (χ3n) is 5.54. The second kappa shape index (κ2) is 7.84. The van der Waals surface area contributed by atoms with Crippen LogP contribution in [-0.2, 0) is 9.53 Å². The zero-order valence-corrected chi connectivity index (χ0v) is 14.1. The van der Waals surface area contributed by atoms with Crippen LogP contribution >= 0.6 is 0 Å². The van der Waals surface area contributed by atoms with E-state index in [4.69, 9.17) is 4.74 Å². The topological polar surface area (TPSA) is 75.6 Å². The first-order valence-electron chi connectivity index (χ1n) is 8.80. The first-order chi connectivity index (χ1) is 11.0. The summed E-state index contributed by atoms with van der Waals surface area (Å²) in [5, 5.41) is 12.3. The van der Waals surface area contributed by atoms with Gasteiger partial charge in [-0.2, -0.15) is 0 Å². The summed E-state index contributed by atoms with van der Waals surface area (Å²) in [6.45, 7) is 5.36. The minimum absolute atomic E-state index is 0.0335. The smallest absolute Gasteiger partial charge is 0.408 e. The van der Waals surface area contributed by atoms with Crippen LogP contribution in [-0.4, -0.2) is 28.8 Å². The lowest BCUT2D eigenvalue weighted by molar-refractivity contribution is -0.147. The van der Waals surface area contributed by atoms with Crippen molar-refractivity contribution in [2.24, 2.45) is 11.8 Å². The number of aliphatic carboxylic acids is 1. The molecule has 0 radical (unpaired) electrons. The standard InChI is InChI=1S/C18H29NO4/c1-3-8-13-9-7-12-15(13)23-17(22)19-18(2,16(20)21)14-10-5-4-6-11-14/h3,13-15H,1,4-12H2,2H3,(H,19,22)(H,20,21)/t13-,15-,18+/m1/s1. The van der Waals surface area contributed by atoms with E-state index in [1.54, 1.807) is 6.92 Å². The average molecular weight is 323 g/mol. The fourth-order valence-corrected chi connectivity index (χ4v) is 4.03. The molecule has 130 valence electrons. The fourth-order valence-electron chi connectivity index (χ4n) is 4.03. The van der Waals surface area contributed by atoms with Crippen LogP contribution in [0.3, 0.4) is 0 Å². The van der Waals surface area contributed by atoms with Crippen molar-refractivity contribution < 1.29 is 19.4 Å². The summed E-state index contributed by atoms with van der Waals surface area (Å²) in [4.78, 5) is 24.1. The van der Waals surface area contributed by atoms with E-state index < -0.39 is 17.6 Å². The van der Waals surface area contributed by atoms with Crippen molar-refractivity contribution in [3.8, 4) is 0 Å². The molecule has 0 aliphatic heterocycles. The van der Waals surface area contributed by atoms with Crippen molar-refractivity contribution in [3.63, 3.8) is 0 Å². The lowest BCUT2D eigenvalue weighted by Crippen LogP contribution is -2.58. The molecule has 2 saturated carbocycles. The molecule has 0 spiro atoms. The number of nitrogens with one attached hydrogen (secondary N) is 1. The minimum atomic E-state index is -1.25. The van der Waals surface area contributed by atoms with E-state index in [1.165, 1.54) is 0 Å². The van der Waals surface area contributed by atoms with Crippen LogP contribution in [0.1, 0.15) is 64.7 Å². The number of ether oxygens (including phenoxy) is 1. The number of carbonyl (C=O) groups excluding carboxylic acids is 1. The highest BCUT2D eigenvalue weighted by Crippen LogP contribution is 2.34. The van der Waals surface area contributed by atoms with E-state index in [0.717, 1.165) is 57.8 Å². The third kappa shape index (κ3) is 4.27. The first kappa shape index (κ1) is 17.8. The molecule has 2 aliphatic carbocycles. The van der Waals surface area contributed by atoms with Crippen LogP contribution in [0.5, 0.6) is 0 Å². The van der Waals surface area contributed by atoms with Gasteiger partial charge in [0, 0.05) is 0 Å². The number of carboxylic acids is 1. The Kier molecular flexibility index (Phi) is 6.08. The predicted octanol–water partition coefficient (Wildman–Crippen LogP) is 3.88. The molecular weight excluding hydrogens is 294 g/mol. The number of alkyl carbamates (subject to hydrolysis) is 1. The molecule has 5 heteroatoms. The minimum Gasteiger partial charge on any atom is -0.480 e. The number of hydrogen-bond donors (Lipinski definition) is 2. The quantitative estimate of drug-likeness (QED) is 0.727. The van der Waals surface area contributed by atoms with Gasteiger partial charge in [-0.25, -0.2) is 9.59 Å². The van der Waals surface area contributed by atoms with Crippen LogP contribution in [0.15, 0.2) is 12.7 Å². The van der Waals surface area contributed by atoms with E-state index in [9.17, 15) is 14.7 Å². The lowest BCUT2D eigenvalue weighted by atomic mass is 9.75. The van der Waals surface area contributed by atoms with Gasteiger partial charge in [0.05, 0.1) is 0 Å². The zero-order chi connectivity index (χ0) is 16.9. The lowest BCUT2D eigenvalue weighted by Gasteiger charge is -2.37. The average Bonchev–Trinajstić information content (AvgIpc) is 2.95. The second-order valence-electron chi connectivity index (χ2n) is 7.13. The van der Waals surface area contributed by atoms with Crippen LogP contribution in [0, 0.1) is 11.8 Å². The number of allylic oxidation sites excluding steroid dienone is 1. The number of rotatable bonds is 6. The van der Waals surface area contributed by atoms with Gasteiger partial charge in [0.2, 0.25) is 0 Å². The van der Waals surface area contributed by atoms with Crippen LogP contribution in [0.25, 0.3) is 0 Å². The highest BCUT2D eigenvalue weighted by atomic mass is 16.6. The van der Waals surface area contributed by atoms with E-state index in [1.807, 2.05) is 6.08 Å². The summed E-state index contributed by atoms with van der Waals surface area (Å²) in [5.41, 5.74) is -1.25. The maximum absolute atomic E-state index is 12.3. The van der Waals surface area contributed by atoms with Gasteiger partial charge in [-0.1, -0.05) is 25.3 Å². The van der Waals surface area contributed by atoms with Gasteiger partial charge < -0.3 is 15.2 Å². The summed E-state index contributed by atoms with van der Waals surface area (Å²) in [6, 6.07) is 0. The van der Waals surface area contributed by atoms with Gasteiger partial charge in [0.25, 0.3) is 0 Å². The normalized spacial score (nSPS) is 27.9. The van der Waals surface area contributed by atoms with Crippen LogP contribution < -0.4 is 5.32 Å².